The first-order valence-electron chi connectivity index (χ1n) is 5.76. The fraction of sp³-hybridized carbons (Fsp3) is 0.500. The van der Waals surface area contributed by atoms with Crippen molar-refractivity contribution >= 4 is 21.9 Å². The lowest BCUT2D eigenvalue weighted by Gasteiger charge is -2.28. The third-order valence-electron chi connectivity index (χ3n) is 3.13. The van der Waals surface area contributed by atoms with Gasteiger partial charge < -0.3 is 9.84 Å². The van der Waals surface area contributed by atoms with E-state index >= 15 is 0 Å². The Morgan fingerprint density at radius 1 is 1.44 bits per heavy atom. The number of aliphatic carboxylic acids is 1. The SMILES string of the molecule is COc1c(C)cc(Br)c(C(C)(C)CC(=O)O)c1C. The molecule has 0 aromatic heterocycles. The maximum absolute atomic E-state index is 11.0. The summed E-state index contributed by atoms with van der Waals surface area (Å²) in [6.45, 7) is 7.81. The lowest BCUT2D eigenvalue weighted by atomic mass is 9.78. The Kier molecular flexibility index (Phi) is 4.43. The van der Waals surface area contributed by atoms with Gasteiger partial charge in [0.1, 0.15) is 5.75 Å². The molecule has 0 heterocycles. The zero-order chi connectivity index (χ0) is 14.1. The number of rotatable bonds is 4. The molecular formula is C14H19BrO3. The van der Waals surface area contributed by atoms with Crippen LogP contribution in [0.15, 0.2) is 10.5 Å². The zero-order valence-corrected chi connectivity index (χ0v) is 13.0. The molecular weight excluding hydrogens is 296 g/mol. The van der Waals surface area contributed by atoms with Crippen molar-refractivity contribution in [1.29, 1.82) is 0 Å². The molecule has 0 radical (unpaired) electrons. The number of hydrogen-bond acceptors (Lipinski definition) is 2. The molecule has 0 aliphatic carbocycles. The summed E-state index contributed by atoms with van der Waals surface area (Å²) in [7, 11) is 1.64. The van der Waals surface area contributed by atoms with E-state index in [9.17, 15) is 4.79 Å². The third kappa shape index (κ3) is 2.86. The van der Waals surface area contributed by atoms with Gasteiger partial charge in [-0.2, -0.15) is 0 Å². The topological polar surface area (TPSA) is 46.5 Å². The number of aryl methyl sites for hydroxylation is 1. The Morgan fingerprint density at radius 2 is 2.00 bits per heavy atom. The lowest BCUT2D eigenvalue weighted by Crippen LogP contribution is -2.24. The van der Waals surface area contributed by atoms with E-state index in [1.165, 1.54) is 0 Å². The van der Waals surface area contributed by atoms with Gasteiger partial charge in [-0.15, -0.1) is 0 Å². The quantitative estimate of drug-likeness (QED) is 0.918. The van der Waals surface area contributed by atoms with Crippen LogP contribution in [0.4, 0.5) is 0 Å². The highest BCUT2D eigenvalue weighted by atomic mass is 79.9. The Balaban J connectivity index is 3.45. The molecule has 1 aromatic rings. The maximum Gasteiger partial charge on any atom is 0.304 e. The number of halogens is 1. The predicted molar refractivity (Wildman–Crippen MR) is 75.4 cm³/mol. The molecule has 3 nitrogen and oxygen atoms in total. The van der Waals surface area contributed by atoms with Crippen LogP contribution in [0, 0.1) is 13.8 Å². The number of ether oxygens (including phenoxy) is 1. The third-order valence-corrected chi connectivity index (χ3v) is 3.76. The van der Waals surface area contributed by atoms with Crippen molar-refractivity contribution in [3.05, 3.63) is 27.2 Å². The van der Waals surface area contributed by atoms with Gasteiger partial charge in [0, 0.05) is 9.89 Å². The van der Waals surface area contributed by atoms with E-state index in [0.717, 1.165) is 26.9 Å². The lowest BCUT2D eigenvalue weighted by molar-refractivity contribution is -0.138. The Morgan fingerprint density at radius 3 is 2.44 bits per heavy atom. The van der Waals surface area contributed by atoms with Gasteiger partial charge in [-0.25, -0.2) is 0 Å². The molecule has 100 valence electrons. The van der Waals surface area contributed by atoms with Gasteiger partial charge in [0.2, 0.25) is 0 Å². The van der Waals surface area contributed by atoms with E-state index < -0.39 is 11.4 Å². The Labute approximate surface area is 116 Å². The number of benzene rings is 1. The van der Waals surface area contributed by atoms with Crippen molar-refractivity contribution in [3.8, 4) is 5.75 Å². The van der Waals surface area contributed by atoms with Gasteiger partial charge in [0.05, 0.1) is 13.5 Å². The van der Waals surface area contributed by atoms with Crippen LogP contribution < -0.4 is 4.74 Å². The summed E-state index contributed by atoms with van der Waals surface area (Å²) in [5.41, 5.74) is 2.58. The highest BCUT2D eigenvalue weighted by Crippen LogP contribution is 2.40. The minimum atomic E-state index is -0.800. The average molecular weight is 315 g/mol. The smallest absolute Gasteiger partial charge is 0.304 e. The minimum Gasteiger partial charge on any atom is -0.496 e. The van der Waals surface area contributed by atoms with Crippen LogP contribution in [-0.4, -0.2) is 18.2 Å². The summed E-state index contributed by atoms with van der Waals surface area (Å²) in [4.78, 5) is 11.0. The number of methoxy groups -OCH3 is 1. The molecule has 4 heteroatoms. The first-order valence-corrected chi connectivity index (χ1v) is 6.56. The standard InChI is InChI=1S/C14H19BrO3/c1-8-6-10(15)12(9(2)13(8)18-5)14(3,4)7-11(16)17/h6H,7H2,1-5H3,(H,16,17). The van der Waals surface area contributed by atoms with Crippen molar-refractivity contribution < 1.29 is 14.6 Å². The second-order valence-corrected chi connectivity index (χ2v) is 6.02. The van der Waals surface area contributed by atoms with E-state index in [1.54, 1.807) is 7.11 Å². The zero-order valence-electron chi connectivity index (χ0n) is 11.4. The summed E-state index contributed by atoms with van der Waals surface area (Å²) in [5, 5.41) is 9.03. The first-order chi connectivity index (χ1) is 8.20. The normalized spacial score (nSPS) is 11.4. The molecule has 0 aliphatic rings. The largest absolute Gasteiger partial charge is 0.496 e. The summed E-state index contributed by atoms with van der Waals surface area (Å²) in [6.07, 6.45) is 0.0820. The second kappa shape index (κ2) is 5.31. The van der Waals surface area contributed by atoms with Crippen LogP contribution in [0.25, 0.3) is 0 Å². The molecule has 0 saturated heterocycles. The molecule has 1 aromatic carbocycles. The molecule has 0 fully saturated rings. The van der Waals surface area contributed by atoms with Gasteiger partial charge in [0.15, 0.2) is 0 Å². The molecule has 0 aliphatic heterocycles. The minimum absolute atomic E-state index is 0.0820. The van der Waals surface area contributed by atoms with Crippen LogP contribution in [0.5, 0.6) is 5.75 Å². The summed E-state index contributed by atoms with van der Waals surface area (Å²) in [5.74, 6) is 0.0255. The molecule has 0 bridgehead atoms. The fourth-order valence-corrected chi connectivity index (χ4v) is 3.71. The van der Waals surface area contributed by atoms with Gasteiger partial charge in [-0.3, -0.25) is 4.79 Å². The van der Waals surface area contributed by atoms with Gasteiger partial charge in [-0.05, 0) is 36.6 Å². The highest BCUT2D eigenvalue weighted by molar-refractivity contribution is 9.10. The van der Waals surface area contributed by atoms with E-state index in [1.807, 2.05) is 33.8 Å². The predicted octanol–water partition coefficient (Wildman–Crippen LogP) is 3.83. The molecule has 0 unspecified atom stereocenters. The van der Waals surface area contributed by atoms with Crippen molar-refractivity contribution in [2.24, 2.45) is 0 Å². The number of carboxylic acid groups (broad SMARTS) is 1. The highest BCUT2D eigenvalue weighted by Gasteiger charge is 2.29. The van der Waals surface area contributed by atoms with Crippen molar-refractivity contribution in [2.75, 3.05) is 7.11 Å². The molecule has 1 N–H and O–H groups in total. The number of carboxylic acids is 1. The molecule has 0 spiro atoms. The molecule has 0 saturated carbocycles. The van der Waals surface area contributed by atoms with Crippen LogP contribution in [0.3, 0.4) is 0 Å². The number of hydrogen-bond donors (Lipinski definition) is 1. The monoisotopic (exact) mass is 314 g/mol. The number of carbonyl (C=O) groups is 1. The van der Waals surface area contributed by atoms with Crippen molar-refractivity contribution in [2.45, 2.75) is 39.5 Å². The van der Waals surface area contributed by atoms with Gasteiger partial charge >= 0.3 is 5.97 Å². The van der Waals surface area contributed by atoms with Gasteiger partial charge in [-0.1, -0.05) is 29.8 Å². The average Bonchev–Trinajstić information content (AvgIpc) is 2.13. The molecule has 0 atom stereocenters. The molecule has 0 amide bonds. The molecule has 18 heavy (non-hydrogen) atoms. The Hall–Kier alpha value is -1.03. The molecule has 1 rings (SSSR count). The van der Waals surface area contributed by atoms with Crippen LogP contribution in [0.2, 0.25) is 0 Å². The van der Waals surface area contributed by atoms with E-state index in [0.29, 0.717) is 0 Å². The van der Waals surface area contributed by atoms with Crippen molar-refractivity contribution in [3.63, 3.8) is 0 Å². The van der Waals surface area contributed by atoms with E-state index in [-0.39, 0.29) is 6.42 Å². The van der Waals surface area contributed by atoms with Crippen LogP contribution in [-0.2, 0) is 10.2 Å². The first kappa shape index (κ1) is 15.0. The summed E-state index contributed by atoms with van der Waals surface area (Å²) >= 11 is 3.54. The van der Waals surface area contributed by atoms with E-state index in [2.05, 4.69) is 15.9 Å². The van der Waals surface area contributed by atoms with Crippen LogP contribution >= 0.6 is 15.9 Å². The Bertz CT molecular complexity index is 478. The fourth-order valence-electron chi connectivity index (χ4n) is 2.53. The summed E-state index contributed by atoms with van der Waals surface area (Å²) in [6, 6.07) is 1.98. The summed E-state index contributed by atoms with van der Waals surface area (Å²) < 4.78 is 6.34. The van der Waals surface area contributed by atoms with Crippen LogP contribution in [0.1, 0.15) is 37.0 Å². The van der Waals surface area contributed by atoms with Gasteiger partial charge in [0.25, 0.3) is 0 Å². The van der Waals surface area contributed by atoms with E-state index in [4.69, 9.17) is 9.84 Å². The maximum atomic E-state index is 11.0. The van der Waals surface area contributed by atoms with Crippen molar-refractivity contribution in [1.82, 2.24) is 0 Å². The second-order valence-electron chi connectivity index (χ2n) is 5.16.